The minimum atomic E-state index is -0.0962. The quantitative estimate of drug-likeness (QED) is 0.829. The highest BCUT2D eigenvalue weighted by Gasteiger charge is 2.03. The van der Waals surface area contributed by atoms with Gasteiger partial charge in [0.1, 0.15) is 16.6 Å². The van der Waals surface area contributed by atoms with Gasteiger partial charge in [0.05, 0.1) is 0 Å². The van der Waals surface area contributed by atoms with E-state index in [-0.39, 0.29) is 16.2 Å². The van der Waals surface area contributed by atoms with Gasteiger partial charge >= 0.3 is 0 Å². The maximum absolute atomic E-state index is 10.6. The maximum Gasteiger partial charge on any atom is 0.217 e. The van der Waals surface area contributed by atoms with E-state index in [1.165, 1.54) is 13.3 Å². The first-order chi connectivity index (χ1) is 7.11. The summed E-state index contributed by atoms with van der Waals surface area (Å²) in [5.41, 5.74) is 0.547. The van der Waals surface area contributed by atoms with Crippen molar-refractivity contribution < 1.29 is 4.79 Å². The molecule has 80 valence electrons. The van der Waals surface area contributed by atoms with Gasteiger partial charge in [0.2, 0.25) is 5.91 Å². The van der Waals surface area contributed by atoms with Crippen LogP contribution in [-0.2, 0) is 4.79 Å². The number of hydrogen-bond acceptors (Lipinski definition) is 3. The van der Waals surface area contributed by atoms with Crippen LogP contribution in [0.15, 0.2) is 12.4 Å². The van der Waals surface area contributed by atoms with Crippen molar-refractivity contribution >= 4 is 35.2 Å². The molecule has 0 fully saturated rings. The Morgan fingerprint density at radius 1 is 1.47 bits per heavy atom. The number of hydrogen-bond donors (Lipinski definition) is 1. The number of carbonyl (C=O) groups is 1. The summed E-state index contributed by atoms with van der Waals surface area (Å²) in [6.07, 6.45) is 4.67. The van der Waals surface area contributed by atoms with Crippen LogP contribution in [0.4, 0.5) is 0 Å². The van der Waals surface area contributed by atoms with E-state index >= 15 is 0 Å². The Labute approximate surface area is 97.3 Å². The highest BCUT2D eigenvalue weighted by molar-refractivity contribution is 6.35. The molecule has 0 aromatic carbocycles. The normalized spacial score (nSPS) is 10.6. The smallest absolute Gasteiger partial charge is 0.217 e. The van der Waals surface area contributed by atoms with Crippen LogP contribution in [0.1, 0.15) is 12.5 Å². The van der Waals surface area contributed by atoms with Crippen LogP contribution < -0.4 is 5.32 Å². The topological polar surface area (TPSA) is 54.9 Å². The summed E-state index contributed by atoms with van der Waals surface area (Å²) in [6, 6.07) is 0. The Kier molecular flexibility index (Phi) is 4.52. The highest BCUT2D eigenvalue weighted by atomic mass is 35.5. The molecule has 1 aromatic rings. The van der Waals surface area contributed by atoms with Crippen molar-refractivity contribution in [3.05, 3.63) is 28.3 Å². The van der Waals surface area contributed by atoms with Crippen molar-refractivity contribution in [2.45, 2.75) is 6.92 Å². The average Bonchev–Trinajstić information content (AvgIpc) is 2.15. The molecule has 0 saturated heterocycles. The number of nitrogens with zero attached hydrogens (tertiary/aromatic N) is 2. The number of nitrogens with one attached hydrogen (secondary N) is 1. The largest absolute Gasteiger partial charge is 0.353 e. The molecule has 6 heteroatoms. The van der Waals surface area contributed by atoms with Crippen molar-refractivity contribution in [2.75, 3.05) is 6.54 Å². The third kappa shape index (κ3) is 3.85. The minimum absolute atomic E-state index is 0.0962. The Morgan fingerprint density at radius 2 is 2.07 bits per heavy atom. The first-order valence-corrected chi connectivity index (χ1v) is 4.94. The lowest BCUT2D eigenvalue weighted by Crippen LogP contribution is -2.19. The van der Waals surface area contributed by atoms with Crippen molar-refractivity contribution in [2.24, 2.45) is 0 Å². The first-order valence-electron chi connectivity index (χ1n) is 4.18. The highest BCUT2D eigenvalue weighted by Crippen LogP contribution is 2.20. The Hall–Kier alpha value is -1.13. The molecule has 1 aromatic heterocycles. The second kappa shape index (κ2) is 5.68. The van der Waals surface area contributed by atoms with Crippen LogP contribution in [0.25, 0.3) is 6.08 Å². The average molecular weight is 246 g/mol. The van der Waals surface area contributed by atoms with E-state index in [9.17, 15) is 4.79 Å². The molecule has 0 bridgehead atoms. The molecule has 0 aliphatic rings. The molecule has 1 rings (SSSR count). The molecule has 0 aliphatic heterocycles. The first kappa shape index (κ1) is 11.9. The summed E-state index contributed by atoms with van der Waals surface area (Å²) in [4.78, 5) is 18.1. The molecule has 0 atom stereocenters. The van der Waals surface area contributed by atoms with E-state index < -0.39 is 0 Å². The molecule has 1 amide bonds. The van der Waals surface area contributed by atoms with E-state index in [0.717, 1.165) is 0 Å². The van der Waals surface area contributed by atoms with Gasteiger partial charge in [-0.05, 0) is 0 Å². The van der Waals surface area contributed by atoms with E-state index in [0.29, 0.717) is 12.1 Å². The van der Waals surface area contributed by atoms with Crippen LogP contribution in [0.5, 0.6) is 0 Å². The third-order valence-electron chi connectivity index (χ3n) is 1.54. The van der Waals surface area contributed by atoms with Crippen molar-refractivity contribution in [3.63, 3.8) is 0 Å². The molecule has 0 radical (unpaired) electrons. The Bertz CT molecular complexity index is 373. The second-order valence-electron chi connectivity index (χ2n) is 2.71. The van der Waals surface area contributed by atoms with Crippen molar-refractivity contribution in [1.82, 2.24) is 15.3 Å². The number of carbonyl (C=O) groups excluding carboxylic acids is 1. The molecular weight excluding hydrogens is 237 g/mol. The van der Waals surface area contributed by atoms with Crippen LogP contribution in [0.2, 0.25) is 10.3 Å². The van der Waals surface area contributed by atoms with Gasteiger partial charge in [-0.3, -0.25) is 4.79 Å². The Morgan fingerprint density at radius 3 is 2.60 bits per heavy atom. The van der Waals surface area contributed by atoms with Crippen molar-refractivity contribution in [1.29, 1.82) is 0 Å². The van der Waals surface area contributed by atoms with Gasteiger partial charge in [0.25, 0.3) is 0 Å². The van der Waals surface area contributed by atoms with Gasteiger partial charge in [0, 0.05) is 19.0 Å². The molecule has 0 aliphatic carbocycles. The maximum atomic E-state index is 10.6. The predicted molar refractivity (Wildman–Crippen MR) is 59.8 cm³/mol. The van der Waals surface area contributed by atoms with Crippen LogP contribution in [0.3, 0.4) is 0 Å². The van der Waals surface area contributed by atoms with Crippen LogP contribution in [0, 0.1) is 0 Å². The summed E-state index contributed by atoms with van der Waals surface area (Å²) in [7, 11) is 0. The molecule has 0 saturated carbocycles. The minimum Gasteiger partial charge on any atom is -0.353 e. The molecule has 4 nitrogen and oxygen atoms in total. The molecule has 0 unspecified atom stereocenters. The van der Waals surface area contributed by atoms with Gasteiger partial charge in [-0.2, -0.15) is 0 Å². The van der Waals surface area contributed by atoms with E-state index in [1.807, 2.05) is 0 Å². The third-order valence-corrected chi connectivity index (χ3v) is 2.14. The SMILES string of the molecule is CC(=O)NCC=Cc1c(Cl)ncnc1Cl. The van der Waals surface area contributed by atoms with Gasteiger partial charge in [-0.25, -0.2) is 9.97 Å². The fourth-order valence-electron chi connectivity index (χ4n) is 0.871. The Balaban J connectivity index is 2.67. The fraction of sp³-hybridized carbons (Fsp3) is 0.222. The number of halogens is 2. The fourth-order valence-corrected chi connectivity index (χ4v) is 1.31. The zero-order valence-electron chi connectivity index (χ0n) is 8.00. The van der Waals surface area contributed by atoms with Crippen LogP contribution >= 0.6 is 23.2 Å². The van der Waals surface area contributed by atoms with Crippen molar-refractivity contribution in [3.8, 4) is 0 Å². The number of aromatic nitrogens is 2. The lowest BCUT2D eigenvalue weighted by molar-refractivity contribution is -0.118. The standard InChI is InChI=1S/C9H9Cl2N3O/c1-6(15)12-4-2-3-7-8(10)13-5-14-9(7)11/h2-3,5H,4H2,1H3,(H,12,15). The van der Waals surface area contributed by atoms with E-state index in [2.05, 4.69) is 15.3 Å². The van der Waals surface area contributed by atoms with Gasteiger partial charge in [-0.15, -0.1) is 0 Å². The second-order valence-corrected chi connectivity index (χ2v) is 3.42. The lowest BCUT2D eigenvalue weighted by Gasteiger charge is -1.99. The van der Waals surface area contributed by atoms with Gasteiger partial charge in [0.15, 0.2) is 0 Å². The predicted octanol–water partition coefficient (Wildman–Crippen LogP) is 1.93. The number of amides is 1. The van der Waals surface area contributed by atoms with E-state index in [1.54, 1.807) is 12.2 Å². The van der Waals surface area contributed by atoms with Crippen LogP contribution in [-0.4, -0.2) is 22.4 Å². The van der Waals surface area contributed by atoms with Gasteiger partial charge < -0.3 is 5.32 Å². The zero-order chi connectivity index (χ0) is 11.3. The molecule has 0 spiro atoms. The molecule has 15 heavy (non-hydrogen) atoms. The van der Waals surface area contributed by atoms with Gasteiger partial charge in [-0.1, -0.05) is 35.4 Å². The molecule has 1 N–H and O–H groups in total. The summed E-state index contributed by atoms with van der Waals surface area (Å²) in [6.45, 7) is 1.86. The number of rotatable bonds is 3. The van der Waals surface area contributed by atoms with E-state index in [4.69, 9.17) is 23.2 Å². The lowest BCUT2D eigenvalue weighted by atomic mass is 10.3. The molecular formula is C9H9Cl2N3O. The monoisotopic (exact) mass is 245 g/mol. The summed E-state index contributed by atoms with van der Waals surface area (Å²) < 4.78 is 0. The molecule has 1 heterocycles. The summed E-state index contributed by atoms with van der Waals surface area (Å²) >= 11 is 11.6. The zero-order valence-corrected chi connectivity index (χ0v) is 9.51. The summed E-state index contributed by atoms with van der Waals surface area (Å²) in [5, 5.41) is 3.17. The summed E-state index contributed by atoms with van der Waals surface area (Å²) in [5.74, 6) is -0.0962.